The minimum Gasteiger partial charge on any atom is -0.423 e. The summed E-state index contributed by atoms with van der Waals surface area (Å²) >= 11 is 0. The van der Waals surface area contributed by atoms with Gasteiger partial charge in [-0.05, 0) is 48.2 Å². The Labute approximate surface area is 181 Å². The largest absolute Gasteiger partial charge is 0.423 e. The fraction of sp³-hybridized carbons (Fsp3) is 0.375. The van der Waals surface area contributed by atoms with Crippen LogP contribution in [0, 0.1) is 17.0 Å². The van der Waals surface area contributed by atoms with E-state index < -0.39 is 0 Å². The number of piperazine rings is 1. The summed E-state index contributed by atoms with van der Waals surface area (Å²) < 4.78 is 5.49. The van der Waals surface area contributed by atoms with Crippen LogP contribution in [0.2, 0.25) is 0 Å². The molecular weight excluding hydrogens is 394 g/mol. The highest BCUT2D eigenvalue weighted by Gasteiger charge is 2.22. The zero-order chi connectivity index (χ0) is 22.1. The number of nitro groups is 1. The maximum Gasteiger partial charge on any atom is 0.336 e. The molecule has 1 saturated heterocycles. The molecule has 0 aliphatic carbocycles. The lowest BCUT2D eigenvalue weighted by atomic mass is 9.95. The Balaban J connectivity index is 1.51. The molecule has 0 radical (unpaired) electrons. The minimum absolute atomic E-state index is 0.110. The molecule has 0 amide bonds. The lowest BCUT2D eigenvalue weighted by molar-refractivity contribution is -0.914. The van der Waals surface area contributed by atoms with E-state index in [4.69, 9.17) is 4.42 Å². The van der Waals surface area contributed by atoms with E-state index in [9.17, 15) is 14.9 Å². The number of nitro benzene ring substituents is 1. The van der Waals surface area contributed by atoms with Gasteiger partial charge in [0.15, 0.2) is 0 Å². The Morgan fingerprint density at radius 1 is 1.13 bits per heavy atom. The zero-order valence-corrected chi connectivity index (χ0v) is 18.2. The molecule has 4 rings (SSSR count). The summed E-state index contributed by atoms with van der Waals surface area (Å²) in [6, 6.07) is 12.5. The van der Waals surface area contributed by atoms with Crippen molar-refractivity contribution in [2.24, 2.45) is 0 Å². The second kappa shape index (κ2) is 8.51. The molecule has 1 N–H and O–H groups in total. The molecule has 1 aliphatic heterocycles. The van der Waals surface area contributed by atoms with Crippen LogP contribution >= 0.6 is 0 Å². The first-order valence-corrected chi connectivity index (χ1v) is 10.7. The van der Waals surface area contributed by atoms with Crippen LogP contribution < -0.4 is 15.4 Å². The molecule has 7 heteroatoms. The highest BCUT2D eigenvalue weighted by atomic mass is 16.6. The van der Waals surface area contributed by atoms with Gasteiger partial charge in [0.1, 0.15) is 12.1 Å². The number of non-ortho nitro benzene ring substituents is 1. The molecule has 31 heavy (non-hydrogen) atoms. The average molecular weight is 423 g/mol. The van der Waals surface area contributed by atoms with E-state index in [1.54, 1.807) is 18.2 Å². The number of benzene rings is 2. The molecule has 1 aromatic heterocycles. The number of anilines is 1. The summed E-state index contributed by atoms with van der Waals surface area (Å²) in [5, 5.41) is 11.9. The van der Waals surface area contributed by atoms with Crippen LogP contribution in [0.5, 0.6) is 0 Å². The Morgan fingerprint density at radius 2 is 1.81 bits per heavy atom. The van der Waals surface area contributed by atoms with Gasteiger partial charge in [0.25, 0.3) is 5.69 Å². The van der Waals surface area contributed by atoms with Gasteiger partial charge in [-0.1, -0.05) is 13.8 Å². The SMILES string of the molecule is Cc1cc2oc(=O)cc(C[NH+]3CCN(c4ccc([N+](=O)[O-])cc4)CC3)c2cc1C(C)C. The van der Waals surface area contributed by atoms with E-state index >= 15 is 0 Å². The van der Waals surface area contributed by atoms with Crippen LogP contribution in [0.15, 0.2) is 51.7 Å². The Kier molecular flexibility index (Phi) is 5.78. The van der Waals surface area contributed by atoms with Crippen molar-refractivity contribution in [3.8, 4) is 0 Å². The van der Waals surface area contributed by atoms with Crippen LogP contribution in [0.4, 0.5) is 11.4 Å². The number of hydrogen-bond donors (Lipinski definition) is 1. The first-order chi connectivity index (χ1) is 14.8. The van der Waals surface area contributed by atoms with Gasteiger partial charge in [-0.3, -0.25) is 10.1 Å². The van der Waals surface area contributed by atoms with Gasteiger partial charge in [-0.15, -0.1) is 0 Å². The van der Waals surface area contributed by atoms with Crippen molar-refractivity contribution in [2.45, 2.75) is 33.2 Å². The molecule has 2 aromatic carbocycles. The minimum atomic E-state index is -0.376. The van der Waals surface area contributed by atoms with Crippen molar-refractivity contribution in [3.05, 3.63) is 79.7 Å². The number of quaternary nitrogens is 1. The smallest absolute Gasteiger partial charge is 0.336 e. The molecule has 0 saturated carbocycles. The Hall–Kier alpha value is -3.19. The van der Waals surface area contributed by atoms with Crippen LogP contribution in [0.25, 0.3) is 11.0 Å². The third-order valence-corrected chi connectivity index (χ3v) is 6.18. The summed E-state index contributed by atoms with van der Waals surface area (Å²) in [6.45, 7) is 10.8. The number of fused-ring (bicyclic) bond motifs is 1. The molecule has 7 nitrogen and oxygen atoms in total. The molecular formula is C24H28N3O4+. The predicted molar refractivity (Wildman–Crippen MR) is 121 cm³/mol. The third kappa shape index (κ3) is 4.46. The van der Waals surface area contributed by atoms with Gasteiger partial charge in [0.05, 0.1) is 31.1 Å². The summed E-state index contributed by atoms with van der Waals surface area (Å²) in [5.41, 5.74) is 4.93. The number of nitrogens with zero attached hydrogens (tertiary/aromatic N) is 2. The molecule has 0 unspecified atom stereocenters. The predicted octanol–water partition coefficient (Wildman–Crippen LogP) is 3.04. The third-order valence-electron chi connectivity index (χ3n) is 6.18. The second-order valence-corrected chi connectivity index (χ2v) is 8.64. The maximum atomic E-state index is 12.2. The number of nitrogens with one attached hydrogen (secondary N) is 1. The quantitative estimate of drug-likeness (QED) is 0.388. The zero-order valence-electron chi connectivity index (χ0n) is 18.2. The molecule has 1 aliphatic rings. The monoisotopic (exact) mass is 422 g/mol. The van der Waals surface area contributed by atoms with Crippen LogP contribution in [-0.4, -0.2) is 31.1 Å². The average Bonchev–Trinajstić information content (AvgIpc) is 2.73. The van der Waals surface area contributed by atoms with Gasteiger partial charge in [-0.25, -0.2) is 4.79 Å². The van der Waals surface area contributed by atoms with Crippen LogP contribution in [0.3, 0.4) is 0 Å². The number of rotatable bonds is 5. The first kappa shape index (κ1) is 21.1. The highest BCUT2D eigenvalue weighted by Crippen LogP contribution is 2.26. The van der Waals surface area contributed by atoms with E-state index in [1.807, 2.05) is 18.2 Å². The van der Waals surface area contributed by atoms with Crippen LogP contribution in [0.1, 0.15) is 36.5 Å². The first-order valence-electron chi connectivity index (χ1n) is 10.7. The van der Waals surface area contributed by atoms with Gasteiger partial charge >= 0.3 is 5.63 Å². The second-order valence-electron chi connectivity index (χ2n) is 8.64. The standard InChI is InChI=1S/C24H27N3O4/c1-16(2)21-14-22-18(13-24(28)31-23(22)12-17(21)3)15-25-8-10-26(11-9-25)19-4-6-20(7-5-19)27(29)30/h4-7,12-14,16H,8-11,15H2,1-3H3/p+1. The van der Waals surface area contributed by atoms with Crippen LogP contribution in [-0.2, 0) is 6.54 Å². The van der Waals surface area contributed by atoms with E-state index in [2.05, 4.69) is 31.7 Å². The lowest BCUT2D eigenvalue weighted by Crippen LogP contribution is -3.13. The van der Waals surface area contributed by atoms with E-state index in [0.29, 0.717) is 11.5 Å². The fourth-order valence-corrected chi connectivity index (χ4v) is 4.47. The molecule has 162 valence electrons. The van der Waals surface area contributed by atoms with E-state index in [-0.39, 0.29) is 16.2 Å². The van der Waals surface area contributed by atoms with Crippen molar-refractivity contribution in [3.63, 3.8) is 0 Å². The molecule has 1 fully saturated rings. The summed E-state index contributed by atoms with van der Waals surface area (Å²) in [4.78, 5) is 26.3. The summed E-state index contributed by atoms with van der Waals surface area (Å²) in [7, 11) is 0. The van der Waals surface area contributed by atoms with E-state index in [1.165, 1.54) is 10.5 Å². The topological polar surface area (TPSA) is 81.0 Å². The molecule has 3 aromatic rings. The molecule has 0 bridgehead atoms. The van der Waals surface area contributed by atoms with Gasteiger partial charge in [0.2, 0.25) is 0 Å². The lowest BCUT2D eigenvalue weighted by Gasteiger charge is -2.33. The van der Waals surface area contributed by atoms with Gasteiger partial charge in [-0.2, -0.15) is 0 Å². The molecule has 0 spiro atoms. The van der Waals surface area contributed by atoms with Crippen molar-refractivity contribution < 1.29 is 14.2 Å². The highest BCUT2D eigenvalue weighted by molar-refractivity contribution is 5.82. The maximum absolute atomic E-state index is 12.2. The molecule has 0 atom stereocenters. The van der Waals surface area contributed by atoms with Crippen molar-refractivity contribution in [1.29, 1.82) is 0 Å². The summed E-state index contributed by atoms with van der Waals surface area (Å²) in [6.07, 6.45) is 0. The summed E-state index contributed by atoms with van der Waals surface area (Å²) in [5.74, 6) is 0.404. The van der Waals surface area contributed by atoms with Crippen molar-refractivity contribution in [1.82, 2.24) is 0 Å². The Bertz CT molecular complexity index is 1160. The molecule has 2 heterocycles. The van der Waals surface area contributed by atoms with Gasteiger partial charge in [0, 0.05) is 34.8 Å². The number of hydrogen-bond acceptors (Lipinski definition) is 5. The van der Waals surface area contributed by atoms with Gasteiger partial charge < -0.3 is 14.2 Å². The van der Waals surface area contributed by atoms with Crippen molar-refractivity contribution >= 4 is 22.3 Å². The number of aryl methyl sites for hydroxylation is 1. The van der Waals surface area contributed by atoms with E-state index in [0.717, 1.165) is 54.9 Å². The van der Waals surface area contributed by atoms with Crippen molar-refractivity contribution in [2.75, 3.05) is 31.1 Å². The normalized spacial score (nSPS) is 15.0. The Morgan fingerprint density at radius 3 is 2.42 bits per heavy atom. The fourth-order valence-electron chi connectivity index (χ4n) is 4.47.